The van der Waals surface area contributed by atoms with Crippen molar-refractivity contribution < 1.29 is 19.2 Å². The van der Waals surface area contributed by atoms with E-state index < -0.39 is 5.97 Å². The summed E-state index contributed by atoms with van der Waals surface area (Å²) in [6.45, 7) is 3.41. The summed E-state index contributed by atoms with van der Waals surface area (Å²) in [6.07, 6.45) is 0. The van der Waals surface area contributed by atoms with Crippen molar-refractivity contribution >= 4 is 11.9 Å². The summed E-state index contributed by atoms with van der Waals surface area (Å²) in [5, 5.41) is 0. The first-order chi connectivity index (χ1) is 8.04. The van der Waals surface area contributed by atoms with Crippen molar-refractivity contribution in [2.45, 2.75) is 13.8 Å². The number of methoxy groups -OCH3 is 1. The lowest BCUT2D eigenvalue weighted by atomic mass is 10.2. The zero-order chi connectivity index (χ0) is 12.8. The van der Waals surface area contributed by atoms with Crippen LogP contribution in [0.25, 0.3) is 0 Å². The van der Waals surface area contributed by atoms with Crippen molar-refractivity contribution in [3.8, 4) is 5.75 Å². The fourth-order valence-corrected chi connectivity index (χ4v) is 1.00. The van der Waals surface area contributed by atoms with Gasteiger partial charge >= 0.3 is 5.97 Å². The minimum absolute atomic E-state index is 0.237. The molecule has 1 aromatic carbocycles. The molecule has 1 rings (SSSR count). The Labute approximate surface area is 99.7 Å². The molecule has 1 N–H and O–H groups in total. The van der Waals surface area contributed by atoms with E-state index >= 15 is 0 Å². The highest BCUT2D eigenvalue weighted by atomic mass is 16.7. The van der Waals surface area contributed by atoms with Crippen LogP contribution < -0.4 is 10.2 Å². The lowest BCUT2D eigenvalue weighted by Crippen LogP contribution is -2.30. The van der Waals surface area contributed by atoms with Crippen LogP contribution in [0.3, 0.4) is 0 Å². The van der Waals surface area contributed by atoms with Crippen LogP contribution in [0.4, 0.5) is 0 Å². The molecule has 5 heteroatoms. The number of hydrogen-bond acceptors (Lipinski definition) is 4. The Morgan fingerprint density at radius 2 is 1.76 bits per heavy atom. The van der Waals surface area contributed by atoms with E-state index in [9.17, 15) is 9.59 Å². The summed E-state index contributed by atoms with van der Waals surface area (Å²) in [7, 11) is 1.54. The molecule has 0 unspecified atom stereocenters. The monoisotopic (exact) mass is 237 g/mol. The highest BCUT2D eigenvalue weighted by molar-refractivity contribution is 5.90. The number of ether oxygens (including phenoxy) is 1. The first-order valence-corrected chi connectivity index (χ1v) is 5.19. The maximum Gasteiger partial charge on any atom is 0.362 e. The molecular weight excluding hydrogens is 222 g/mol. The largest absolute Gasteiger partial charge is 0.497 e. The van der Waals surface area contributed by atoms with Crippen molar-refractivity contribution in [3.63, 3.8) is 0 Å². The molecule has 1 aromatic rings. The summed E-state index contributed by atoms with van der Waals surface area (Å²) in [5.41, 5.74) is 2.43. The number of rotatable bonds is 3. The zero-order valence-electron chi connectivity index (χ0n) is 10.0. The van der Waals surface area contributed by atoms with Gasteiger partial charge in [0.15, 0.2) is 0 Å². The van der Waals surface area contributed by atoms with Crippen molar-refractivity contribution in [3.05, 3.63) is 29.8 Å². The van der Waals surface area contributed by atoms with Gasteiger partial charge in [-0.1, -0.05) is 13.8 Å². The second-order valence-corrected chi connectivity index (χ2v) is 3.74. The van der Waals surface area contributed by atoms with E-state index in [1.807, 2.05) is 0 Å². The molecule has 0 saturated carbocycles. The molecule has 0 atom stereocenters. The lowest BCUT2D eigenvalue weighted by Gasteiger charge is -2.07. The van der Waals surface area contributed by atoms with Gasteiger partial charge in [-0.15, -0.1) is 0 Å². The molecule has 0 fully saturated rings. The first-order valence-electron chi connectivity index (χ1n) is 5.19. The number of hydroxylamine groups is 1. The summed E-state index contributed by atoms with van der Waals surface area (Å²) in [6, 6.07) is 6.40. The maximum absolute atomic E-state index is 11.5. The van der Waals surface area contributed by atoms with Crippen molar-refractivity contribution in [2.24, 2.45) is 5.92 Å². The molecule has 92 valence electrons. The van der Waals surface area contributed by atoms with E-state index in [1.54, 1.807) is 38.1 Å². The Balaban J connectivity index is 2.55. The highest BCUT2D eigenvalue weighted by Gasteiger charge is 2.11. The van der Waals surface area contributed by atoms with Crippen LogP contribution in [0.15, 0.2) is 24.3 Å². The number of carbonyl (C=O) groups is 2. The lowest BCUT2D eigenvalue weighted by molar-refractivity contribution is -0.133. The van der Waals surface area contributed by atoms with E-state index in [0.717, 1.165) is 0 Å². The molecule has 0 aliphatic rings. The molecule has 0 saturated heterocycles. The molecule has 0 radical (unpaired) electrons. The van der Waals surface area contributed by atoms with Gasteiger partial charge in [-0.3, -0.25) is 4.79 Å². The number of nitrogens with one attached hydrogen (secondary N) is 1. The quantitative estimate of drug-likeness (QED) is 0.810. The first kappa shape index (κ1) is 13.0. The highest BCUT2D eigenvalue weighted by Crippen LogP contribution is 2.11. The van der Waals surface area contributed by atoms with Gasteiger partial charge in [-0.25, -0.2) is 4.79 Å². The van der Waals surface area contributed by atoms with Crippen LogP contribution in [0, 0.1) is 5.92 Å². The maximum atomic E-state index is 11.5. The topological polar surface area (TPSA) is 64.6 Å². The van der Waals surface area contributed by atoms with Crippen molar-refractivity contribution in [2.75, 3.05) is 7.11 Å². The Bertz CT molecular complexity index is 397. The Hall–Kier alpha value is -2.04. The third-order valence-electron chi connectivity index (χ3n) is 2.09. The molecule has 0 heterocycles. The van der Waals surface area contributed by atoms with Crippen LogP contribution in [0.2, 0.25) is 0 Å². The Morgan fingerprint density at radius 1 is 1.18 bits per heavy atom. The average Bonchev–Trinajstić information content (AvgIpc) is 2.35. The second-order valence-electron chi connectivity index (χ2n) is 3.74. The molecule has 0 bridgehead atoms. The minimum Gasteiger partial charge on any atom is -0.497 e. The summed E-state index contributed by atoms with van der Waals surface area (Å²) >= 11 is 0. The van der Waals surface area contributed by atoms with Crippen LogP contribution in [-0.2, 0) is 9.63 Å². The van der Waals surface area contributed by atoms with Gasteiger partial charge in [0, 0.05) is 5.92 Å². The van der Waals surface area contributed by atoms with Gasteiger partial charge in [0.05, 0.1) is 12.7 Å². The molecule has 0 aliphatic carbocycles. The SMILES string of the molecule is COc1ccc(C(=O)ONC(=O)C(C)C)cc1. The van der Waals surface area contributed by atoms with Crippen molar-refractivity contribution in [1.29, 1.82) is 0 Å². The Morgan fingerprint density at radius 3 is 2.24 bits per heavy atom. The average molecular weight is 237 g/mol. The van der Waals surface area contributed by atoms with E-state index in [2.05, 4.69) is 10.3 Å². The minimum atomic E-state index is -0.610. The van der Waals surface area contributed by atoms with Gasteiger partial charge in [-0.2, -0.15) is 5.48 Å². The summed E-state index contributed by atoms with van der Waals surface area (Å²) < 4.78 is 4.96. The third-order valence-corrected chi connectivity index (χ3v) is 2.09. The van der Waals surface area contributed by atoms with E-state index in [1.165, 1.54) is 7.11 Å². The molecule has 5 nitrogen and oxygen atoms in total. The smallest absolute Gasteiger partial charge is 0.362 e. The second kappa shape index (κ2) is 5.89. The van der Waals surface area contributed by atoms with Gasteiger partial charge in [0.2, 0.25) is 0 Å². The molecule has 0 spiro atoms. The Kier molecular flexibility index (Phi) is 4.51. The summed E-state index contributed by atoms with van der Waals surface area (Å²) in [4.78, 5) is 27.3. The van der Waals surface area contributed by atoms with Crippen LogP contribution in [0.5, 0.6) is 5.75 Å². The van der Waals surface area contributed by atoms with Gasteiger partial charge in [0.1, 0.15) is 5.75 Å². The fourth-order valence-electron chi connectivity index (χ4n) is 1.00. The predicted molar refractivity (Wildman–Crippen MR) is 61.4 cm³/mol. The van der Waals surface area contributed by atoms with E-state index in [-0.39, 0.29) is 11.8 Å². The fraction of sp³-hybridized carbons (Fsp3) is 0.333. The van der Waals surface area contributed by atoms with Crippen LogP contribution in [-0.4, -0.2) is 19.0 Å². The molecule has 17 heavy (non-hydrogen) atoms. The van der Waals surface area contributed by atoms with Gasteiger partial charge in [0.25, 0.3) is 5.91 Å². The van der Waals surface area contributed by atoms with E-state index in [0.29, 0.717) is 11.3 Å². The number of carbonyl (C=O) groups excluding carboxylic acids is 2. The molecule has 1 amide bonds. The van der Waals surface area contributed by atoms with Crippen LogP contribution >= 0.6 is 0 Å². The van der Waals surface area contributed by atoms with Crippen molar-refractivity contribution in [1.82, 2.24) is 5.48 Å². The predicted octanol–water partition coefficient (Wildman–Crippen LogP) is 1.54. The van der Waals surface area contributed by atoms with Crippen LogP contribution in [0.1, 0.15) is 24.2 Å². The van der Waals surface area contributed by atoms with Gasteiger partial charge < -0.3 is 9.57 Å². The summed E-state index contributed by atoms with van der Waals surface area (Å²) in [5.74, 6) is -0.542. The van der Waals surface area contributed by atoms with Gasteiger partial charge in [-0.05, 0) is 24.3 Å². The molecule has 0 aromatic heterocycles. The molecular formula is C12H15NO4. The molecule has 0 aliphatic heterocycles. The number of benzene rings is 1. The normalized spacial score (nSPS) is 9.88. The standard InChI is InChI=1S/C12H15NO4/c1-8(2)11(14)13-17-12(15)9-4-6-10(16-3)7-5-9/h4-8H,1-3H3,(H,13,14). The zero-order valence-corrected chi connectivity index (χ0v) is 10.0. The number of amides is 1. The van der Waals surface area contributed by atoms with E-state index in [4.69, 9.17) is 4.74 Å². The third kappa shape index (κ3) is 3.79. The number of hydrogen-bond donors (Lipinski definition) is 1.